The van der Waals surface area contributed by atoms with E-state index >= 15 is 0 Å². The number of amides is 1. The van der Waals surface area contributed by atoms with Gasteiger partial charge >= 0.3 is 0 Å². The van der Waals surface area contributed by atoms with E-state index < -0.39 is 4.92 Å². The van der Waals surface area contributed by atoms with Crippen LogP contribution in [0.2, 0.25) is 5.02 Å². The normalized spacial score (nSPS) is 19.4. The van der Waals surface area contributed by atoms with Gasteiger partial charge in [-0.25, -0.2) is 0 Å². The van der Waals surface area contributed by atoms with Gasteiger partial charge < -0.3 is 10.2 Å². The molecular formula is C12H14ClN3O3. The fourth-order valence-electron chi connectivity index (χ4n) is 2.13. The molecule has 1 aliphatic rings. The zero-order valence-corrected chi connectivity index (χ0v) is 11.2. The maximum atomic E-state index is 11.4. The van der Waals surface area contributed by atoms with Gasteiger partial charge in [0.15, 0.2) is 0 Å². The van der Waals surface area contributed by atoms with E-state index in [-0.39, 0.29) is 17.6 Å². The second kappa shape index (κ2) is 5.44. The van der Waals surface area contributed by atoms with Gasteiger partial charge in [-0.1, -0.05) is 11.6 Å². The summed E-state index contributed by atoms with van der Waals surface area (Å²) in [6.07, 6.45) is 1.11. The van der Waals surface area contributed by atoms with Gasteiger partial charge in [0.1, 0.15) is 5.69 Å². The summed E-state index contributed by atoms with van der Waals surface area (Å²) in [6.45, 7) is 0.530. The van der Waals surface area contributed by atoms with Gasteiger partial charge in [0.2, 0.25) is 5.91 Å². The van der Waals surface area contributed by atoms with Crippen LogP contribution in [-0.4, -0.2) is 35.4 Å². The smallest absolute Gasteiger partial charge is 0.292 e. The minimum Gasteiger partial charge on any atom is -0.375 e. The first-order valence-electron chi connectivity index (χ1n) is 5.92. The van der Waals surface area contributed by atoms with Crippen molar-refractivity contribution in [1.82, 2.24) is 4.90 Å². The van der Waals surface area contributed by atoms with Crippen LogP contribution in [0.15, 0.2) is 18.2 Å². The van der Waals surface area contributed by atoms with Crippen LogP contribution in [0.3, 0.4) is 0 Å². The van der Waals surface area contributed by atoms with E-state index in [9.17, 15) is 14.9 Å². The molecule has 1 saturated heterocycles. The molecule has 102 valence electrons. The van der Waals surface area contributed by atoms with Crippen molar-refractivity contribution in [2.45, 2.75) is 18.9 Å². The van der Waals surface area contributed by atoms with Crippen LogP contribution in [0.5, 0.6) is 0 Å². The van der Waals surface area contributed by atoms with Crippen molar-refractivity contribution >= 4 is 28.9 Å². The molecule has 1 atom stereocenters. The highest BCUT2D eigenvalue weighted by Gasteiger charge is 2.24. The topological polar surface area (TPSA) is 75.5 Å². The van der Waals surface area contributed by atoms with E-state index in [1.807, 2.05) is 0 Å². The highest BCUT2D eigenvalue weighted by atomic mass is 35.5. The first kappa shape index (κ1) is 13.6. The largest absolute Gasteiger partial charge is 0.375 e. The molecular weight excluding hydrogens is 270 g/mol. The van der Waals surface area contributed by atoms with E-state index in [1.54, 1.807) is 11.9 Å². The van der Waals surface area contributed by atoms with Gasteiger partial charge in [0.05, 0.1) is 4.92 Å². The van der Waals surface area contributed by atoms with Gasteiger partial charge in [-0.3, -0.25) is 14.9 Å². The highest BCUT2D eigenvalue weighted by molar-refractivity contribution is 6.31. The minimum atomic E-state index is -0.448. The average Bonchev–Trinajstić information content (AvgIpc) is 2.33. The average molecular weight is 284 g/mol. The molecule has 0 bridgehead atoms. The number of nitrogens with zero attached hydrogens (tertiary/aromatic N) is 2. The minimum absolute atomic E-state index is 0.000123. The molecule has 19 heavy (non-hydrogen) atoms. The number of carbonyl (C=O) groups is 1. The third kappa shape index (κ3) is 3.14. The predicted molar refractivity (Wildman–Crippen MR) is 72.4 cm³/mol. The number of nitro benzene ring substituents is 1. The lowest BCUT2D eigenvalue weighted by Crippen LogP contribution is -2.43. The number of hydrogen-bond donors (Lipinski definition) is 1. The Morgan fingerprint density at radius 2 is 2.26 bits per heavy atom. The molecule has 0 aliphatic carbocycles. The molecule has 0 aromatic heterocycles. The molecule has 1 amide bonds. The second-order valence-corrected chi connectivity index (χ2v) is 5.01. The van der Waals surface area contributed by atoms with Gasteiger partial charge in [0, 0.05) is 37.1 Å². The summed E-state index contributed by atoms with van der Waals surface area (Å²) in [7, 11) is 1.72. The lowest BCUT2D eigenvalue weighted by atomic mass is 10.1. The first-order chi connectivity index (χ1) is 8.97. The number of nitro groups is 1. The van der Waals surface area contributed by atoms with Crippen LogP contribution in [-0.2, 0) is 4.79 Å². The fraction of sp³-hybridized carbons (Fsp3) is 0.417. The van der Waals surface area contributed by atoms with E-state index in [4.69, 9.17) is 11.6 Å². The van der Waals surface area contributed by atoms with Crippen LogP contribution < -0.4 is 5.32 Å². The van der Waals surface area contributed by atoms with E-state index in [0.29, 0.717) is 30.1 Å². The molecule has 1 fully saturated rings. The van der Waals surface area contributed by atoms with Crippen molar-refractivity contribution in [3.63, 3.8) is 0 Å². The number of benzene rings is 1. The third-order valence-corrected chi connectivity index (χ3v) is 3.38. The molecule has 2 rings (SSSR count). The number of nitrogens with one attached hydrogen (secondary N) is 1. The molecule has 1 aromatic carbocycles. The van der Waals surface area contributed by atoms with Crippen LogP contribution >= 0.6 is 11.6 Å². The Morgan fingerprint density at radius 3 is 2.89 bits per heavy atom. The van der Waals surface area contributed by atoms with E-state index in [1.165, 1.54) is 18.2 Å². The summed E-state index contributed by atoms with van der Waals surface area (Å²) >= 11 is 5.86. The van der Waals surface area contributed by atoms with Crippen molar-refractivity contribution in [2.24, 2.45) is 0 Å². The number of carbonyl (C=O) groups excluding carboxylic acids is 1. The van der Waals surface area contributed by atoms with Crippen LogP contribution in [0.25, 0.3) is 0 Å². The molecule has 6 nitrogen and oxygen atoms in total. The first-order valence-corrected chi connectivity index (χ1v) is 6.29. The molecule has 1 aromatic rings. The van der Waals surface area contributed by atoms with E-state index in [0.717, 1.165) is 0 Å². The Bertz CT molecular complexity index is 521. The summed E-state index contributed by atoms with van der Waals surface area (Å²) < 4.78 is 0. The fourth-order valence-corrected chi connectivity index (χ4v) is 2.31. The zero-order valence-electron chi connectivity index (χ0n) is 10.4. The Balaban J connectivity index is 2.16. The van der Waals surface area contributed by atoms with Crippen LogP contribution in [0.4, 0.5) is 11.4 Å². The van der Waals surface area contributed by atoms with Crippen LogP contribution in [0.1, 0.15) is 12.8 Å². The maximum Gasteiger partial charge on any atom is 0.292 e. The predicted octanol–water partition coefficient (Wildman–Crippen LogP) is 2.28. The SMILES string of the molecule is CN1CC(Nc2cc(Cl)ccc2[N+](=O)[O-])CCC1=O. The molecule has 1 N–H and O–H groups in total. The number of halogens is 1. The molecule has 1 aliphatic heterocycles. The van der Waals surface area contributed by atoms with Crippen molar-refractivity contribution in [3.05, 3.63) is 33.3 Å². The Hall–Kier alpha value is -1.82. The van der Waals surface area contributed by atoms with Crippen molar-refractivity contribution in [2.75, 3.05) is 18.9 Å². The number of hydrogen-bond acceptors (Lipinski definition) is 4. The Labute approximate surface area is 115 Å². The number of likely N-dealkylation sites (N-methyl/N-ethyl adjacent to an activating group) is 1. The lowest BCUT2D eigenvalue weighted by molar-refractivity contribution is -0.384. The van der Waals surface area contributed by atoms with Gasteiger partial charge in [0.25, 0.3) is 5.69 Å². The lowest BCUT2D eigenvalue weighted by Gasteiger charge is -2.30. The summed E-state index contributed by atoms with van der Waals surface area (Å²) in [4.78, 5) is 23.5. The summed E-state index contributed by atoms with van der Waals surface area (Å²) in [5.41, 5.74) is 0.384. The van der Waals surface area contributed by atoms with Crippen molar-refractivity contribution in [3.8, 4) is 0 Å². The quantitative estimate of drug-likeness (QED) is 0.682. The summed E-state index contributed by atoms with van der Waals surface area (Å²) in [5.74, 6) is 0.0960. The van der Waals surface area contributed by atoms with Crippen molar-refractivity contribution < 1.29 is 9.72 Å². The van der Waals surface area contributed by atoms with Gasteiger partial charge in [-0.2, -0.15) is 0 Å². The third-order valence-electron chi connectivity index (χ3n) is 3.14. The monoisotopic (exact) mass is 283 g/mol. The van der Waals surface area contributed by atoms with Crippen LogP contribution in [0, 0.1) is 10.1 Å². The summed E-state index contributed by atoms with van der Waals surface area (Å²) in [6, 6.07) is 4.40. The molecule has 0 radical (unpaired) electrons. The molecule has 1 heterocycles. The van der Waals surface area contributed by atoms with Crippen molar-refractivity contribution in [1.29, 1.82) is 0 Å². The highest BCUT2D eigenvalue weighted by Crippen LogP contribution is 2.29. The second-order valence-electron chi connectivity index (χ2n) is 4.57. The summed E-state index contributed by atoms with van der Waals surface area (Å²) in [5, 5.41) is 14.5. The number of anilines is 1. The standard InChI is InChI=1S/C12H14ClN3O3/c1-15-7-9(3-5-12(15)17)14-10-6-8(13)2-4-11(10)16(18)19/h2,4,6,9,14H,3,5,7H2,1H3. The zero-order chi connectivity index (χ0) is 14.0. The van der Waals surface area contributed by atoms with Gasteiger partial charge in [-0.05, 0) is 18.6 Å². The number of piperidine rings is 1. The number of likely N-dealkylation sites (tertiary alicyclic amines) is 1. The Kier molecular flexibility index (Phi) is 3.90. The van der Waals surface area contributed by atoms with E-state index in [2.05, 4.69) is 5.32 Å². The Morgan fingerprint density at radius 1 is 1.53 bits per heavy atom. The molecule has 0 spiro atoms. The molecule has 0 saturated carbocycles. The maximum absolute atomic E-state index is 11.4. The molecule has 7 heteroatoms. The molecule has 1 unspecified atom stereocenters. The number of rotatable bonds is 3. The van der Waals surface area contributed by atoms with Gasteiger partial charge in [-0.15, -0.1) is 0 Å².